The summed E-state index contributed by atoms with van der Waals surface area (Å²) in [5, 5.41) is 3.07. The molecule has 0 aliphatic carbocycles. The zero-order valence-electron chi connectivity index (χ0n) is 8.56. The van der Waals surface area contributed by atoms with E-state index in [9.17, 15) is 0 Å². The van der Waals surface area contributed by atoms with Crippen LogP contribution in [0.2, 0.25) is 0 Å². The number of benzene rings is 1. The fourth-order valence-corrected chi connectivity index (χ4v) is 2.42. The van der Waals surface area contributed by atoms with E-state index < -0.39 is 0 Å². The summed E-state index contributed by atoms with van der Waals surface area (Å²) in [5.41, 5.74) is 3.99. The third-order valence-corrected chi connectivity index (χ3v) is 3.67. The molecule has 0 saturated carbocycles. The molecule has 1 atom stereocenters. The number of hydrogen-bond donors (Lipinski definition) is 2. The molecule has 0 fully saturated rings. The Morgan fingerprint density at radius 3 is 2.69 bits per heavy atom. The summed E-state index contributed by atoms with van der Waals surface area (Å²) in [6.07, 6.45) is 2.63. The summed E-state index contributed by atoms with van der Waals surface area (Å²) >= 11 is 5.06. The van der Waals surface area contributed by atoms with Gasteiger partial charge in [0.1, 0.15) is 0 Å². The standard InChI is InChI=1S/C11H12BrN3S/c12-9-3-1-8(2-4-9)10(15-13)7-11-14-5-6-16-11/h1-6,10,15H,7,13H2. The second-order valence-electron chi connectivity index (χ2n) is 3.40. The molecule has 2 aromatic rings. The minimum atomic E-state index is 0.110. The topological polar surface area (TPSA) is 50.9 Å². The summed E-state index contributed by atoms with van der Waals surface area (Å²) in [6.45, 7) is 0. The van der Waals surface area contributed by atoms with E-state index in [1.165, 1.54) is 5.56 Å². The summed E-state index contributed by atoms with van der Waals surface area (Å²) in [5.74, 6) is 5.57. The lowest BCUT2D eigenvalue weighted by molar-refractivity contribution is 0.550. The van der Waals surface area contributed by atoms with E-state index in [2.05, 4.69) is 38.5 Å². The maximum absolute atomic E-state index is 5.57. The molecule has 0 spiro atoms. The van der Waals surface area contributed by atoms with Gasteiger partial charge in [0.15, 0.2) is 0 Å². The van der Waals surface area contributed by atoms with Gasteiger partial charge in [0.25, 0.3) is 0 Å². The maximum Gasteiger partial charge on any atom is 0.0944 e. The van der Waals surface area contributed by atoms with Gasteiger partial charge in [-0.15, -0.1) is 11.3 Å². The molecule has 0 aliphatic rings. The average molecular weight is 298 g/mol. The predicted molar refractivity (Wildman–Crippen MR) is 70.0 cm³/mol. The molecule has 0 saturated heterocycles. The van der Waals surface area contributed by atoms with Crippen molar-refractivity contribution in [1.29, 1.82) is 0 Å². The lowest BCUT2D eigenvalue weighted by Crippen LogP contribution is -2.29. The SMILES string of the molecule is NNC(Cc1nccs1)c1ccc(Br)cc1. The number of nitrogens with one attached hydrogen (secondary N) is 1. The van der Waals surface area contributed by atoms with Crippen LogP contribution in [-0.2, 0) is 6.42 Å². The Hall–Kier alpha value is -0.750. The molecule has 3 N–H and O–H groups in total. The van der Waals surface area contributed by atoms with E-state index in [0.717, 1.165) is 15.9 Å². The molecule has 0 bridgehead atoms. The van der Waals surface area contributed by atoms with Gasteiger partial charge in [0, 0.05) is 22.5 Å². The van der Waals surface area contributed by atoms with Gasteiger partial charge in [-0.05, 0) is 17.7 Å². The highest BCUT2D eigenvalue weighted by molar-refractivity contribution is 9.10. The Balaban J connectivity index is 2.13. The molecule has 2 rings (SSSR count). The Morgan fingerprint density at radius 1 is 1.38 bits per heavy atom. The highest BCUT2D eigenvalue weighted by atomic mass is 79.9. The molecule has 5 heteroatoms. The Bertz CT molecular complexity index is 427. The minimum Gasteiger partial charge on any atom is -0.271 e. The van der Waals surface area contributed by atoms with Crippen LogP contribution in [0.4, 0.5) is 0 Å². The summed E-state index contributed by atoms with van der Waals surface area (Å²) in [4.78, 5) is 4.26. The van der Waals surface area contributed by atoms with Crippen molar-refractivity contribution in [1.82, 2.24) is 10.4 Å². The van der Waals surface area contributed by atoms with E-state index >= 15 is 0 Å². The number of hydrazine groups is 1. The number of halogens is 1. The third kappa shape index (κ3) is 2.89. The molecule has 1 heterocycles. The normalized spacial score (nSPS) is 12.6. The average Bonchev–Trinajstić information content (AvgIpc) is 2.80. The van der Waals surface area contributed by atoms with Crippen molar-refractivity contribution in [3.8, 4) is 0 Å². The van der Waals surface area contributed by atoms with Gasteiger partial charge in [0.2, 0.25) is 0 Å². The number of nitrogens with two attached hydrogens (primary N) is 1. The lowest BCUT2D eigenvalue weighted by atomic mass is 10.1. The Labute approximate surface area is 107 Å². The van der Waals surface area contributed by atoms with Crippen LogP contribution in [0.15, 0.2) is 40.3 Å². The molecule has 0 amide bonds. The van der Waals surface area contributed by atoms with Crippen molar-refractivity contribution in [3.05, 3.63) is 50.9 Å². The van der Waals surface area contributed by atoms with Gasteiger partial charge in [-0.25, -0.2) is 4.98 Å². The van der Waals surface area contributed by atoms with Crippen LogP contribution in [0.25, 0.3) is 0 Å². The van der Waals surface area contributed by atoms with Crippen molar-refractivity contribution in [2.75, 3.05) is 0 Å². The second-order valence-corrected chi connectivity index (χ2v) is 5.30. The maximum atomic E-state index is 5.57. The summed E-state index contributed by atoms with van der Waals surface area (Å²) in [7, 11) is 0. The highest BCUT2D eigenvalue weighted by Gasteiger charge is 2.11. The van der Waals surface area contributed by atoms with Crippen LogP contribution in [-0.4, -0.2) is 4.98 Å². The zero-order valence-corrected chi connectivity index (χ0v) is 11.0. The minimum absolute atomic E-state index is 0.110. The quantitative estimate of drug-likeness (QED) is 0.674. The largest absolute Gasteiger partial charge is 0.271 e. The number of nitrogens with zero attached hydrogens (tertiary/aromatic N) is 1. The van der Waals surface area contributed by atoms with Crippen molar-refractivity contribution in [3.63, 3.8) is 0 Å². The van der Waals surface area contributed by atoms with E-state index in [1.54, 1.807) is 11.3 Å². The van der Waals surface area contributed by atoms with Crippen molar-refractivity contribution >= 4 is 27.3 Å². The molecule has 16 heavy (non-hydrogen) atoms. The van der Waals surface area contributed by atoms with E-state index in [-0.39, 0.29) is 6.04 Å². The molecule has 84 valence electrons. The number of aromatic nitrogens is 1. The van der Waals surface area contributed by atoms with Gasteiger partial charge in [-0.3, -0.25) is 11.3 Å². The molecule has 1 unspecified atom stereocenters. The summed E-state index contributed by atoms with van der Waals surface area (Å²) in [6, 6.07) is 8.26. The molecular formula is C11H12BrN3S. The van der Waals surface area contributed by atoms with Gasteiger partial charge in [0.05, 0.1) is 11.0 Å². The van der Waals surface area contributed by atoms with Crippen molar-refractivity contribution in [2.24, 2.45) is 5.84 Å². The van der Waals surface area contributed by atoms with Crippen LogP contribution in [0, 0.1) is 0 Å². The molecular weight excluding hydrogens is 286 g/mol. The third-order valence-electron chi connectivity index (χ3n) is 2.34. The van der Waals surface area contributed by atoms with Crippen molar-refractivity contribution in [2.45, 2.75) is 12.5 Å². The van der Waals surface area contributed by atoms with Gasteiger partial charge in [-0.2, -0.15) is 0 Å². The Morgan fingerprint density at radius 2 is 2.12 bits per heavy atom. The fraction of sp³-hybridized carbons (Fsp3) is 0.182. The lowest BCUT2D eigenvalue weighted by Gasteiger charge is -2.14. The molecule has 0 aliphatic heterocycles. The van der Waals surface area contributed by atoms with Crippen molar-refractivity contribution < 1.29 is 0 Å². The monoisotopic (exact) mass is 297 g/mol. The van der Waals surface area contributed by atoms with E-state index in [4.69, 9.17) is 5.84 Å². The first kappa shape index (κ1) is 11.7. The fourth-order valence-electron chi connectivity index (χ4n) is 1.50. The smallest absolute Gasteiger partial charge is 0.0944 e. The molecule has 0 radical (unpaired) electrons. The van der Waals surface area contributed by atoms with Gasteiger partial charge in [-0.1, -0.05) is 28.1 Å². The number of hydrogen-bond acceptors (Lipinski definition) is 4. The molecule has 1 aromatic carbocycles. The van der Waals surface area contributed by atoms with Crippen LogP contribution in [0.1, 0.15) is 16.6 Å². The zero-order chi connectivity index (χ0) is 11.4. The predicted octanol–water partition coefficient (Wildman–Crippen LogP) is 2.65. The first-order chi connectivity index (χ1) is 7.79. The first-order valence-corrected chi connectivity index (χ1v) is 6.57. The second kappa shape index (κ2) is 5.54. The highest BCUT2D eigenvalue weighted by Crippen LogP contribution is 2.20. The molecule has 1 aromatic heterocycles. The van der Waals surface area contributed by atoms with E-state index in [1.807, 2.05) is 23.7 Å². The van der Waals surface area contributed by atoms with Crippen LogP contribution in [0.3, 0.4) is 0 Å². The van der Waals surface area contributed by atoms with Crippen LogP contribution in [0.5, 0.6) is 0 Å². The Kier molecular flexibility index (Phi) is 4.06. The van der Waals surface area contributed by atoms with Crippen LogP contribution < -0.4 is 11.3 Å². The molecule has 3 nitrogen and oxygen atoms in total. The summed E-state index contributed by atoms with van der Waals surface area (Å²) < 4.78 is 1.07. The number of thiazole rings is 1. The number of rotatable bonds is 4. The van der Waals surface area contributed by atoms with Gasteiger partial charge >= 0.3 is 0 Å². The van der Waals surface area contributed by atoms with Crippen LogP contribution >= 0.6 is 27.3 Å². The van der Waals surface area contributed by atoms with Gasteiger partial charge < -0.3 is 0 Å². The van der Waals surface area contributed by atoms with E-state index in [0.29, 0.717) is 0 Å². The first-order valence-electron chi connectivity index (χ1n) is 4.89.